The van der Waals surface area contributed by atoms with Crippen LogP contribution in [0.3, 0.4) is 0 Å². The van der Waals surface area contributed by atoms with Crippen LogP contribution in [0.4, 0.5) is 21.6 Å². The van der Waals surface area contributed by atoms with E-state index in [2.05, 4.69) is 20.0 Å². The van der Waals surface area contributed by atoms with Crippen LogP contribution in [0.2, 0.25) is 0 Å². The van der Waals surface area contributed by atoms with E-state index in [0.29, 0.717) is 0 Å². The first-order chi connectivity index (χ1) is 12.5. The topological polar surface area (TPSA) is 92.7 Å². The summed E-state index contributed by atoms with van der Waals surface area (Å²) in [5, 5.41) is 4.05. The smallest absolute Gasteiger partial charge is 0.267 e. The molecule has 132 valence electrons. The summed E-state index contributed by atoms with van der Waals surface area (Å²) in [6.07, 6.45) is 7.42. The Morgan fingerprint density at radius 1 is 1.35 bits per heavy atom. The quantitative estimate of drug-likeness (QED) is 0.717. The molecule has 3 aromatic rings. The summed E-state index contributed by atoms with van der Waals surface area (Å²) >= 11 is 0. The number of carbonyl (C=O) groups excluding carboxylic acids is 1. The lowest BCUT2D eigenvalue weighted by Crippen LogP contribution is -2.53. The summed E-state index contributed by atoms with van der Waals surface area (Å²) < 4.78 is 14.6. The molecule has 0 aromatic carbocycles. The third-order valence-electron chi connectivity index (χ3n) is 5.29. The molecule has 0 spiro atoms. The first kappa shape index (κ1) is 15.1. The number of halogens is 1. The Labute approximate surface area is 148 Å². The minimum Gasteiger partial charge on any atom is -0.381 e. The fourth-order valence-electron chi connectivity index (χ4n) is 4.17. The van der Waals surface area contributed by atoms with Gasteiger partial charge in [-0.25, -0.2) is 13.9 Å². The lowest BCUT2D eigenvalue weighted by atomic mass is 10.1. The average Bonchev–Trinajstić information content (AvgIpc) is 3.21. The molecule has 1 amide bonds. The van der Waals surface area contributed by atoms with Crippen molar-refractivity contribution in [3.05, 3.63) is 42.2 Å². The summed E-state index contributed by atoms with van der Waals surface area (Å²) in [4.78, 5) is 25.7. The van der Waals surface area contributed by atoms with E-state index >= 15 is 0 Å². The lowest BCUT2D eigenvalue weighted by Gasteiger charge is -2.36. The van der Waals surface area contributed by atoms with Crippen LogP contribution in [0.15, 0.2) is 30.9 Å². The first-order valence-corrected chi connectivity index (χ1v) is 8.36. The van der Waals surface area contributed by atoms with Crippen molar-refractivity contribution in [2.45, 2.75) is 25.4 Å². The predicted octanol–water partition coefficient (Wildman–Crippen LogP) is 1.82. The highest BCUT2D eigenvalue weighted by Gasteiger charge is 2.52. The van der Waals surface area contributed by atoms with Gasteiger partial charge >= 0.3 is 0 Å². The van der Waals surface area contributed by atoms with Gasteiger partial charge in [0.15, 0.2) is 17.3 Å². The van der Waals surface area contributed by atoms with Gasteiger partial charge in [0.1, 0.15) is 11.2 Å². The number of rotatable bonds is 1. The van der Waals surface area contributed by atoms with Gasteiger partial charge in [-0.15, -0.1) is 5.10 Å². The molecule has 2 aliphatic heterocycles. The van der Waals surface area contributed by atoms with Gasteiger partial charge in [-0.3, -0.25) is 14.7 Å². The van der Waals surface area contributed by atoms with Crippen LogP contribution in [0.25, 0.3) is 5.65 Å². The van der Waals surface area contributed by atoms with Gasteiger partial charge in [-0.1, -0.05) is 0 Å². The largest absolute Gasteiger partial charge is 0.381 e. The lowest BCUT2D eigenvalue weighted by molar-refractivity contribution is 0.0966. The standard InChI is InChI=1S/C17H16FN7O/c1-17-4-2-6-23(17)11-3-5-20-8-12(11)25(17)16(26)13-14(19)22-24-9-10(18)7-21-15(13)24/h3,5,7-9H,2,4,6H2,1H3,(H2,19,22). The number of pyridine rings is 1. The first-order valence-electron chi connectivity index (χ1n) is 8.36. The van der Waals surface area contributed by atoms with Gasteiger partial charge in [0.05, 0.1) is 30.0 Å². The molecule has 0 radical (unpaired) electrons. The minimum absolute atomic E-state index is 0.0265. The Morgan fingerprint density at radius 3 is 3.04 bits per heavy atom. The van der Waals surface area contributed by atoms with Crippen LogP contribution >= 0.6 is 0 Å². The summed E-state index contributed by atoms with van der Waals surface area (Å²) in [5.74, 6) is -0.833. The Balaban J connectivity index is 1.71. The molecule has 9 heteroatoms. The number of nitrogens with zero attached hydrogens (tertiary/aromatic N) is 6. The molecule has 3 aromatic heterocycles. The van der Waals surface area contributed by atoms with E-state index < -0.39 is 11.5 Å². The van der Waals surface area contributed by atoms with E-state index in [1.807, 2.05) is 13.0 Å². The van der Waals surface area contributed by atoms with E-state index in [9.17, 15) is 9.18 Å². The molecule has 0 saturated carbocycles. The molecular weight excluding hydrogens is 337 g/mol. The van der Waals surface area contributed by atoms with Crippen LogP contribution in [-0.4, -0.2) is 37.7 Å². The number of hydrogen-bond donors (Lipinski definition) is 1. The highest BCUT2D eigenvalue weighted by Crippen LogP contribution is 2.50. The van der Waals surface area contributed by atoms with Crippen LogP contribution in [0.5, 0.6) is 0 Å². The number of amides is 1. The van der Waals surface area contributed by atoms with Crippen molar-refractivity contribution in [3.8, 4) is 0 Å². The van der Waals surface area contributed by atoms with Gasteiger partial charge in [0.2, 0.25) is 0 Å². The number of fused-ring (bicyclic) bond motifs is 4. The second-order valence-electron chi connectivity index (χ2n) is 6.78. The molecule has 26 heavy (non-hydrogen) atoms. The van der Waals surface area contributed by atoms with E-state index in [1.54, 1.807) is 17.3 Å². The summed E-state index contributed by atoms with van der Waals surface area (Å²) in [7, 11) is 0. The Hall–Kier alpha value is -3.23. The molecule has 2 N–H and O–H groups in total. The zero-order valence-corrected chi connectivity index (χ0v) is 14.1. The predicted molar refractivity (Wildman–Crippen MR) is 93.4 cm³/mol. The molecule has 1 unspecified atom stereocenters. The molecule has 8 nitrogen and oxygen atoms in total. The molecule has 0 bridgehead atoms. The van der Waals surface area contributed by atoms with Crippen molar-refractivity contribution < 1.29 is 9.18 Å². The molecule has 5 rings (SSSR count). The van der Waals surface area contributed by atoms with E-state index in [0.717, 1.165) is 43.2 Å². The highest BCUT2D eigenvalue weighted by atomic mass is 19.1. The number of anilines is 3. The normalized spacial score (nSPS) is 21.3. The fraction of sp³-hybridized carbons (Fsp3) is 0.294. The number of nitrogen functional groups attached to an aromatic ring is 1. The maximum absolute atomic E-state index is 13.5. The molecule has 1 saturated heterocycles. The van der Waals surface area contributed by atoms with Crippen LogP contribution in [-0.2, 0) is 0 Å². The monoisotopic (exact) mass is 353 g/mol. The van der Waals surface area contributed by atoms with Gasteiger partial charge < -0.3 is 10.6 Å². The summed E-state index contributed by atoms with van der Waals surface area (Å²) in [5.41, 5.74) is 7.63. The van der Waals surface area contributed by atoms with Crippen molar-refractivity contribution in [2.24, 2.45) is 0 Å². The van der Waals surface area contributed by atoms with Crippen molar-refractivity contribution in [2.75, 3.05) is 22.1 Å². The molecular formula is C17H16FN7O. The van der Waals surface area contributed by atoms with E-state index in [1.165, 1.54) is 4.52 Å². The summed E-state index contributed by atoms with van der Waals surface area (Å²) in [6.45, 7) is 2.90. The SMILES string of the molecule is CC12CCCN1c1ccncc1N2C(=O)c1c(N)nn2cc(F)cnc12. The van der Waals surface area contributed by atoms with Gasteiger partial charge in [-0.2, -0.15) is 0 Å². The van der Waals surface area contributed by atoms with Crippen LogP contribution in [0, 0.1) is 5.82 Å². The van der Waals surface area contributed by atoms with Gasteiger partial charge in [0.25, 0.3) is 5.91 Å². The fourth-order valence-corrected chi connectivity index (χ4v) is 4.17. The molecule has 1 atom stereocenters. The zero-order valence-electron chi connectivity index (χ0n) is 14.1. The van der Waals surface area contributed by atoms with Crippen LogP contribution < -0.4 is 15.5 Å². The van der Waals surface area contributed by atoms with Crippen molar-refractivity contribution in [3.63, 3.8) is 0 Å². The second kappa shape index (κ2) is 4.90. The maximum Gasteiger partial charge on any atom is 0.267 e. The Kier molecular flexibility index (Phi) is 2.84. The maximum atomic E-state index is 13.5. The highest BCUT2D eigenvalue weighted by molar-refractivity contribution is 6.16. The van der Waals surface area contributed by atoms with Crippen molar-refractivity contribution in [1.82, 2.24) is 19.6 Å². The van der Waals surface area contributed by atoms with Gasteiger partial charge in [-0.05, 0) is 25.8 Å². The third-order valence-corrected chi connectivity index (χ3v) is 5.29. The van der Waals surface area contributed by atoms with Crippen molar-refractivity contribution >= 4 is 28.7 Å². The zero-order chi connectivity index (χ0) is 18.1. The van der Waals surface area contributed by atoms with E-state index in [4.69, 9.17) is 5.73 Å². The van der Waals surface area contributed by atoms with Crippen molar-refractivity contribution in [1.29, 1.82) is 0 Å². The Bertz CT molecular complexity index is 1060. The van der Waals surface area contributed by atoms with Crippen LogP contribution in [0.1, 0.15) is 30.1 Å². The summed E-state index contributed by atoms with van der Waals surface area (Å²) in [6, 6.07) is 1.92. The van der Waals surface area contributed by atoms with Gasteiger partial charge in [0, 0.05) is 12.7 Å². The Morgan fingerprint density at radius 2 is 2.19 bits per heavy atom. The number of hydrogen-bond acceptors (Lipinski definition) is 6. The molecule has 2 aliphatic rings. The molecule has 0 aliphatic carbocycles. The number of nitrogens with two attached hydrogens (primary N) is 1. The molecule has 1 fully saturated rings. The number of aromatic nitrogens is 4. The minimum atomic E-state index is -0.552. The molecule has 5 heterocycles. The number of carbonyl (C=O) groups is 1. The third kappa shape index (κ3) is 1.77. The van der Waals surface area contributed by atoms with E-state index in [-0.39, 0.29) is 22.9 Å². The second-order valence-corrected chi connectivity index (χ2v) is 6.78. The average molecular weight is 353 g/mol.